The Labute approximate surface area is 149 Å². The lowest BCUT2D eigenvalue weighted by molar-refractivity contribution is 0.0932. The van der Waals surface area contributed by atoms with Crippen LogP contribution in [-0.4, -0.2) is 21.3 Å². The molecule has 2 aromatic carbocycles. The molecule has 0 bridgehead atoms. The Balaban J connectivity index is 1.51. The first-order chi connectivity index (χ1) is 12.2. The van der Waals surface area contributed by atoms with Crippen molar-refractivity contribution in [1.82, 2.24) is 20.7 Å². The van der Waals surface area contributed by atoms with Crippen molar-refractivity contribution in [2.75, 3.05) is 5.32 Å². The molecule has 3 N–H and O–H groups in total. The van der Waals surface area contributed by atoms with E-state index in [0.717, 1.165) is 18.5 Å². The van der Waals surface area contributed by atoms with Gasteiger partial charge in [0, 0.05) is 10.7 Å². The lowest BCUT2D eigenvalue weighted by Crippen LogP contribution is -2.28. The number of aromatic amines is 1. The van der Waals surface area contributed by atoms with E-state index in [1.54, 1.807) is 12.1 Å². The largest absolute Gasteiger partial charge is 0.344 e. The molecule has 0 radical (unpaired) electrons. The highest BCUT2D eigenvalue weighted by Crippen LogP contribution is 2.31. The minimum absolute atomic E-state index is 0.000537. The molecule has 1 aliphatic rings. The smallest absolute Gasteiger partial charge is 0.276 e. The molecule has 0 aliphatic heterocycles. The maximum atomic E-state index is 12.6. The van der Waals surface area contributed by atoms with E-state index in [9.17, 15) is 4.79 Å². The van der Waals surface area contributed by atoms with Gasteiger partial charge in [-0.1, -0.05) is 41.9 Å². The highest BCUT2D eigenvalue weighted by molar-refractivity contribution is 6.30. The Morgan fingerprint density at radius 2 is 2.04 bits per heavy atom. The van der Waals surface area contributed by atoms with Crippen LogP contribution >= 0.6 is 11.6 Å². The molecule has 0 fully saturated rings. The van der Waals surface area contributed by atoms with Gasteiger partial charge < -0.3 is 10.6 Å². The van der Waals surface area contributed by atoms with Crippen molar-refractivity contribution < 1.29 is 4.79 Å². The first-order valence-corrected chi connectivity index (χ1v) is 8.40. The van der Waals surface area contributed by atoms with Crippen LogP contribution < -0.4 is 10.6 Å². The zero-order valence-corrected chi connectivity index (χ0v) is 14.0. The van der Waals surface area contributed by atoms with Gasteiger partial charge in [-0.25, -0.2) is 0 Å². The number of hydrogen-bond donors (Lipinski definition) is 3. The molecule has 7 heteroatoms. The van der Waals surface area contributed by atoms with Gasteiger partial charge in [0.15, 0.2) is 11.5 Å². The first-order valence-electron chi connectivity index (χ1n) is 8.03. The standard InChI is InChI=1S/C18H16ClN5O/c19-12-5-3-6-13(10-12)20-17-16(22-24-23-17)18(25)21-15-9-8-11-4-1-2-7-14(11)15/h1-7,10,15H,8-9H2,(H,21,25)(H2,20,22,23,24)/t15-/m0/s1. The number of hydrogen-bond acceptors (Lipinski definition) is 4. The fraction of sp³-hybridized carbons (Fsp3) is 0.167. The summed E-state index contributed by atoms with van der Waals surface area (Å²) in [6, 6.07) is 15.4. The van der Waals surface area contributed by atoms with Crippen molar-refractivity contribution in [1.29, 1.82) is 0 Å². The summed E-state index contributed by atoms with van der Waals surface area (Å²) >= 11 is 5.99. The van der Waals surface area contributed by atoms with Crippen LogP contribution in [0.5, 0.6) is 0 Å². The minimum atomic E-state index is -0.264. The predicted octanol–water partition coefficient (Wildman–Crippen LogP) is 3.62. The summed E-state index contributed by atoms with van der Waals surface area (Å²) in [7, 11) is 0. The van der Waals surface area contributed by atoms with Crippen LogP contribution in [0, 0.1) is 0 Å². The van der Waals surface area contributed by atoms with Gasteiger partial charge in [0.05, 0.1) is 6.04 Å². The van der Waals surface area contributed by atoms with Gasteiger partial charge in [0.25, 0.3) is 5.91 Å². The summed E-state index contributed by atoms with van der Waals surface area (Å²) in [6.45, 7) is 0. The number of halogens is 1. The van der Waals surface area contributed by atoms with Crippen molar-refractivity contribution in [3.05, 3.63) is 70.4 Å². The average Bonchev–Trinajstić information content (AvgIpc) is 3.22. The molecule has 1 atom stereocenters. The van der Waals surface area contributed by atoms with Crippen LogP contribution in [0.4, 0.5) is 11.5 Å². The number of aryl methyl sites for hydroxylation is 1. The SMILES string of the molecule is O=C(N[C@H]1CCc2ccccc21)c1n[nH]nc1Nc1cccc(Cl)c1. The number of nitrogens with zero attached hydrogens (tertiary/aromatic N) is 2. The summed E-state index contributed by atoms with van der Waals surface area (Å²) in [4.78, 5) is 12.6. The highest BCUT2D eigenvalue weighted by atomic mass is 35.5. The molecule has 1 amide bonds. The second kappa shape index (κ2) is 6.57. The van der Waals surface area contributed by atoms with Crippen LogP contribution in [0.2, 0.25) is 5.02 Å². The van der Waals surface area contributed by atoms with Crippen LogP contribution in [0.25, 0.3) is 0 Å². The number of rotatable bonds is 4. The van der Waals surface area contributed by atoms with Gasteiger partial charge in [0.2, 0.25) is 0 Å². The number of benzene rings is 2. The van der Waals surface area contributed by atoms with Crippen LogP contribution in [0.15, 0.2) is 48.5 Å². The van der Waals surface area contributed by atoms with E-state index in [1.165, 1.54) is 11.1 Å². The molecule has 25 heavy (non-hydrogen) atoms. The monoisotopic (exact) mass is 353 g/mol. The molecule has 126 valence electrons. The van der Waals surface area contributed by atoms with E-state index >= 15 is 0 Å². The molecule has 0 saturated carbocycles. The lowest BCUT2D eigenvalue weighted by Gasteiger charge is -2.13. The maximum Gasteiger partial charge on any atom is 0.276 e. The van der Waals surface area contributed by atoms with E-state index in [4.69, 9.17) is 11.6 Å². The minimum Gasteiger partial charge on any atom is -0.344 e. The zero-order valence-electron chi connectivity index (χ0n) is 13.3. The number of carbonyl (C=O) groups is 1. The van der Waals surface area contributed by atoms with E-state index in [-0.39, 0.29) is 17.6 Å². The summed E-state index contributed by atoms with van der Waals surface area (Å²) in [5.74, 6) is 0.103. The summed E-state index contributed by atoms with van der Waals surface area (Å²) in [5, 5.41) is 17.2. The van der Waals surface area contributed by atoms with Crippen molar-refractivity contribution in [3.63, 3.8) is 0 Å². The molecular formula is C18H16ClN5O. The van der Waals surface area contributed by atoms with Gasteiger partial charge in [-0.05, 0) is 42.2 Å². The molecule has 1 heterocycles. The maximum absolute atomic E-state index is 12.6. The van der Waals surface area contributed by atoms with Gasteiger partial charge in [0.1, 0.15) is 0 Å². The third-order valence-corrected chi connectivity index (χ3v) is 4.52. The molecule has 1 aromatic heterocycles. The Morgan fingerprint density at radius 1 is 1.16 bits per heavy atom. The molecule has 6 nitrogen and oxygen atoms in total. The fourth-order valence-electron chi connectivity index (χ4n) is 3.11. The number of carbonyl (C=O) groups excluding carboxylic acids is 1. The molecule has 4 rings (SSSR count). The Morgan fingerprint density at radius 3 is 2.92 bits per heavy atom. The normalized spacial score (nSPS) is 15.6. The van der Waals surface area contributed by atoms with E-state index < -0.39 is 0 Å². The van der Waals surface area contributed by atoms with E-state index in [1.807, 2.05) is 24.3 Å². The van der Waals surface area contributed by atoms with Crippen molar-refractivity contribution in [2.24, 2.45) is 0 Å². The molecule has 0 spiro atoms. The number of nitrogens with one attached hydrogen (secondary N) is 3. The van der Waals surface area contributed by atoms with Gasteiger partial charge in [-0.2, -0.15) is 5.21 Å². The quantitative estimate of drug-likeness (QED) is 0.669. The Bertz CT molecular complexity index is 923. The van der Waals surface area contributed by atoms with Crippen molar-refractivity contribution in [3.8, 4) is 0 Å². The van der Waals surface area contributed by atoms with Crippen molar-refractivity contribution in [2.45, 2.75) is 18.9 Å². The number of fused-ring (bicyclic) bond motifs is 1. The number of aromatic nitrogens is 3. The summed E-state index contributed by atoms with van der Waals surface area (Å²) < 4.78 is 0. The predicted molar refractivity (Wildman–Crippen MR) is 96.1 cm³/mol. The van der Waals surface area contributed by atoms with E-state index in [0.29, 0.717) is 10.8 Å². The van der Waals surface area contributed by atoms with Gasteiger partial charge >= 0.3 is 0 Å². The number of amides is 1. The second-order valence-corrected chi connectivity index (χ2v) is 6.36. The van der Waals surface area contributed by atoms with Crippen LogP contribution in [0.1, 0.15) is 34.1 Å². The van der Waals surface area contributed by atoms with Crippen molar-refractivity contribution >= 4 is 29.0 Å². The average molecular weight is 354 g/mol. The topological polar surface area (TPSA) is 82.7 Å². The molecule has 0 unspecified atom stereocenters. The van der Waals surface area contributed by atoms with E-state index in [2.05, 4.69) is 38.2 Å². The first kappa shape index (κ1) is 15.7. The lowest BCUT2D eigenvalue weighted by atomic mass is 10.1. The number of anilines is 2. The molecule has 0 saturated heterocycles. The highest BCUT2D eigenvalue weighted by Gasteiger charge is 2.26. The fourth-order valence-corrected chi connectivity index (χ4v) is 3.30. The van der Waals surface area contributed by atoms with Crippen LogP contribution in [-0.2, 0) is 6.42 Å². The van der Waals surface area contributed by atoms with Gasteiger partial charge in [-0.15, -0.1) is 10.2 Å². The Kier molecular flexibility index (Phi) is 4.11. The third kappa shape index (κ3) is 3.21. The van der Waals surface area contributed by atoms with Gasteiger partial charge in [-0.3, -0.25) is 4.79 Å². The number of H-pyrrole nitrogens is 1. The molecular weight excluding hydrogens is 338 g/mol. The Hall–Kier alpha value is -2.86. The van der Waals surface area contributed by atoms with Crippen LogP contribution in [0.3, 0.4) is 0 Å². The molecule has 1 aliphatic carbocycles. The second-order valence-electron chi connectivity index (χ2n) is 5.92. The third-order valence-electron chi connectivity index (χ3n) is 4.29. The summed E-state index contributed by atoms with van der Waals surface area (Å²) in [5.41, 5.74) is 3.42. The molecule has 3 aromatic rings. The zero-order chi connectivity index (χ0) is 17.2. The summed E-state index contributed by atoms with van der Waals surface area (Å²) in [6.07, 6.45) is 1.85.